The molecule has 1 saturated heterocycles. The summed E-state index contributed by atoms with van der Waals surface area (Å²) in [6.45, 7) is 3.14. The first-order chi connectivity index (χ1) is 12.5. The lowest BCUT2D eigenvalue weighted by molar-refractivity contribution is -0.156. The molecule has 0 saturated carbocycles. The Balaban J connectivity index is 1.86. The van der Waals surface area contributed by atoms with Crippen molar-refractivity contribution >= 4 is 16.9 Å². The molecular formula is C21H28N2O3. The minimum absolute atomic E-state index is 0.0979. The molecule has 2 aliphatic rings. The van der Waals surface area contributed by atoms with Crippen LogP contribution in [0.5, 0.6) is 0 Å². The van der Waals surface area contributed by atoms with Crippen LogP contribution >= 0.6 is 0 Å². The minimum Gasteiger partial charge on any atom is -0.469 e. The fraction of sp³-hybridized carbons (Fsp3) is 0.571. The number of aromatic amines is 1. The summed E-state index contributed by atoms with van der Waals surface area (Å²) in [7, 11) is 3.59. The molecular weight excluding hydrogens is 328 g/mol. The molecule has 140 valence electrons. The van der Waals surface area contributed by atoms with Gasteiger partial charge in [-0.25, -0.2) is 0 Å². The lowest BCUT2D eigenvalue weighted by Gasteiger charge is -2.48. The number of aromatic nitrogens is 1. The predicted octanol–water partition coefficient (Wildman–Crippen LogP) is 2.89. The van der Waals surface area contributed by atoms with Gasteiger partial charge in [0.1, 0.15) is 0 Å². The number of hydrogen-bond donors (Lipinski definition) is 2. The summed E-state index contributed by atoms with van der Waals surface area (Å²) in [5, 5.41) is 12.2. The maximum atomic E-state index is 12.7. The molecule has 0 amide bonds. The molecule has 5 atom stereocenters. The van der Waals surface area contributed by atoms with Crippen molar-refractivity contribution in [3.63, 3.8) is 0 Å². The number of H-pyrrole nitrogens is 1. The molecule has 5 heteroatoms. The maximum Gasteiger partial charge on any atom is 0.310 e. The summed E-state index contributed by atoms with van der Waals surface area (Å²) in [6, 6.07) is 8.28. The van der Waals surface area contributed by atoms with Gasteiger partial charge in [0, 0.05) is 29.2 Å². The van der Waals surface area contributed by atoms with Crippen molar-refractivity contribution in [1.82, 2.24) is 9.88 Å². The largest absolute Gasteiger partial charge is 0.469 e. The third kappa shape index (κ3) is 2.65. The number of aliphatic hydroxyl groups excluding tert-OH is 1. The maximum absolute atomic E-state index is 12.7. The average molecular weight is 356 g/mol. The highest BCUT2D eigenvalue weighted by Gasteiger charge is 2.48. The SMILES string of the molecule is CC[C@H]1CN(C)[C@H]2Cc3c([nH]c4ccccc34)[C@@H](O)C[C@@H]1C2C(=O)OC. The first-order valence-electron chi connectivity index (χ1n) is 9.60. The Morgan fingerprint density at radius 1 is 1.38 bits per heavy atom. The molecule has 2 heterocycles. The number of nitrogens with one attached hydrogen (secondary N) is 1. The predicted molar refractivity (Wildman–Crippen MR) is 101 cm³/mol. The number of likely N-dealkylation sites (N-methyl/N-ethyl adjacent to an activating group) is 1. The topological polar surface area (TPSA) is 65.6 Å². The second kappa shape index (κ2) is 6.71. The number of carbonyl (C=O) groups excluding carboxylic acids is 1. The number of nitrogens with zero attached hydrogens (tertiary/aromatic N) is 1. The van der Waals surface area contributed by atoms with Crippen molar-refractivity contribution in [2.45, 2.75) is 38.3 Å². The number of carbonyl (C=O) groups is 1. The Bertz CT molecular complexity index is 815. The number of rotatable bonds is 2. The zero-order chi connectivity index (χ0) is 18.4. The van der Waals surface area contributed by atoms with E-state index in [4.69, 9.17) is 4.74 Å². The van der Waals surface area contributed by atoms with E-state index in [-0.39, 0.29) is 23.8 Å². The van der Waals surface area contributed by atoms with Gasteiger partial charge in [0.25, 0.3) is 0 Å². The van der Waals surface area contributed by atoms with Gasteiger partial charge in [0.05, 0.1) is 19.1 Å². The van der Waals surface area contributed by atoms with Gasteiger partial charge < -0.3 is 19.7 Å². The van der Waals surface area contributed by atoms with Crippen molar-refractivity contribution in [3.8, 4) is 0 Å². The van der Waals surface area contributed by atoms with Gasteiger partial charge in [0.2, 0.25) is 0 Å². The van der Waals surface area contributed by atoms with E-state index in [1.165, 1.54) is 7.11 Å². The highest BCUT2D eigenvalue weighted by Crippen LogP contribution is 2.45. The van der Waals surface area contributed by atoms with Gasteiger partial charge in [-0.05, 0) is 43.4 Å². The van der Waals surface area contributed by atoms with Gasteiger partial charge in [-0.1, -0.05) is 31.5 Å². The number of hydrogen-bond acceptors (Lipinski definition) is 4. The standard InChI is InChI=1S/C21H28N2O3/c1-4-12-11-23(2)17-9-15-13-7-5-6-8-16(13)22-20(15)18(24)10-14(12)19(17)21(25)26-3/h5-8,12,14,17-19,22,24H,4,9-11H2,1-3H3/t12-,14-,17-,18-,19?/m0/s1. The summed E-state index contributed by atoms with van der Waals surface area (Å²) in [5.74, 6) is 0.199. The fourth-order valence-electron chi connectivity index (χ4n) is 5.33. The molecule has 26 heavy (non-hydrogen) atoms. The van der Waals surface area contributed by atoms with Crippen LogP contribution in [0.4, 0.5) is 0 Å². The Kier molecular flexibility index (Phi) is 4.53. The van der Waals surface area contributed by atoms with E-state index in [2.05, 4.69) is 36.0 Å². The molecule has 1 aromatic heterocycles. The van der Waals surface area contributed by atoms with Crippen LogP contribution in [0.3, 0.4) is 0 Å². The summed E-state index contributed by atoms with van der Waals surface area (Å²) in [6.07, 6.45) is 1.77. The second-order valence-corrected chi connectivity index (χ2v) is 7.91. The zero-order valence-corrected chi connectivity index (χ0v) is 15.7. The van der Waals surface area contributed by atoms with Crippen LogP contribution in [-0.4, -0.2) is 47.7 Å². The normalized spacial score (nSPS) is 31.9. The number of aliphatic hydroxyl groups is 1. The first-order valence-corrected chi connectivity index (χ1v) is 9.60. The number of methoxy groups -OCH3 is 1. The van der Waals surface area contributed by atoms with Crippen LogP contribution in [-0.2, 0) is 16.0 Å². The fourth-order valence-corrected chi connectivity index (χ4v) is 5.33. The molecule has 1 aliphatic carbocycles. The van der Waals surface area contributed by atoms with E-state index in [9.17, 15) is 9.90 Å². The Morgan fingerprint density at radius 2 is 2.15 bits per heavy atom. The number of benzene rings is 1. The number of likely N-dealkylation sites (tertiary alicyclic amines) is 1. The van der Waals surface area contributed by atoms with E-state index in [0.717, 1.165) is 41.5 Å². The molecule has 1 unspecified atom stereocenters. The second-order valence-electron chi connectivity index (χ2n) is 7.91. The molecule has 2 aromatic rings. The quantitative estimate of drug-likeness (QED) is 0.812. The lowest BCUT2D eigenvalue weighted by atomic mass is 9.67. The molecule has 2 N–H and O–H groups in total. The van der Waals surface area contributed by atoms with Crippen LogP contribution in [0, 0.1) is 17.8 Å². The number of esters is 1. The van der Waals surface area contributed by atoms with Gasteiger partial charge in [-0.3, -0.25) is 4.79 Å². The van der Waals surface area contributed by atoms with E-state index >= 15 is 0 Å². The van der Waals surface area contributed by atoms with Crippen molar-refractivity contribution in [1.29, 1.82) is 0 Å². The van der Waals surface area contributed by atoms with Crippen molar-refractivity contribution in [2.24, 2.45) is 17.8 Å². The van der Waals surface area contributed by atoms with Crippen molar-refractivity contribution < 1.29 is 14.6 Å². The summed E-state index contributed by atoms with van der Waals surface area (Å²) < 4.78 is 5.20. The molecule has 5 nitrogen and oxygen atoms in total. The molecule has 4 rings (SSSR count). The van der Waals surface area contributed by atoms with E-state index < -0.39 is 6.10 Å². The number of fused-ring (bicyclic) bond motifs is 5. The van der Waals surface area contributed by atoms with E-state index in [0.29, 0.717) is 12.3 Å². The number of piperidine rings is 1. The molecule has 1 fully saturated rings. The smallest absolute Gasteiger partial charge is 0.310 e. The Morgan fingerprint density at radius 3 is 2.88 bits per heavy atom. The van der Waals surface area contributed by atoms with Gasteiger partial charge >= 0.3 is 5.97 Å². The summed E-state index contributed by atoms with van der Waals surface area (Å²) in [5.41, 5.74) is 3.12. The van der Waals surface area contributed by atoms with Gasteiger partial charge in [-0.15, -0.1) is 0 Å². The Hall–Kier alpha value is -1.85. The summed E-state index contributed by atoms with van der Waals surface area (Å²) in [4.78, 5) is 18.5. The van der Waals surface area contributed by atoms with Crippen LogP contribution in [0.1, 0.15) is 37.1 Å². The van der Waals surface area contributed by atoms with E-state index in [1.54, 1.807) is 0 Å². The lowest BCUT2D eigenvalue weighted by Crippen LogP contribution is -2.56. The van der Waals surface area contributed by atoms with Crippen molar-refractivity contribution in [3.05, 3.63) is 35.5 Å². The van der Waals surface area contributed by atoms with Gasteiger partial charge in [0.15, 0.2) is 0 Å². The Labute approximate surface area is 154 Å². The molecule has 0 radical (unpaired) electrons. The zero-order valence-electron chi connectivity index (χ0n) is 15.7. The van der Waals surface area contributed by atoms with Crippen LogP contribution in [0.25, 0.3) is 10.9 Å². The third-order valence-electron chi connectivity index (χ3n) is 6.66. The highest BCUT2D eigenvalue weighted by molar-refractivity contribution is 5.85. The first kappa shape index (κ1) is 17.6. The van der Waals surface area contributed by atoms with Crippen molar-refractivity contribution in [2.75, 3.05) is 20.7 Å². The van der Waals surface area contributed by atoms with Crippen LogP contribution in [0.2, 0.25) is 0 Å². The molecule has 1 aliphatic heterocycles. The molecule has 0 spiro atoms. The monoisotopic (exact) mass is 356 g/mol. The molecule has 1 aromatic carbocycles. The third-order valence-corrected chi connectivity index (χ3v) is 6.66. The van der Waals surface area contributed by atoms with Gasteiger partial charge in [-0.2, -0.15) is 0 Å². The minimum atomic E-state index is -0.576. The number of ether oxygens (including phenoxy) is 1. The van der Waals surface area contributed by atoms with Crippen LogP contribution < -0.4 is 0 Å². The number of para-hydroxylation sites is 1. The van der Waals surface area contributed by atoms with Crippen LogP contribution in [0.15, 0.2) is 24.3 Å². The average Bonchev–Trinajstić information content (AvgIpc) is 3.01. The highest BCUT2D eigenvalue weighted by atomic mass is 16.5. The molecule has 2 bridgehead atoms. The summed E-state index contributed by atoms with van der Waals surface area (Å²) >= 11 is 0. The van der Waals surface area contributed by atoms with E-state index in [1.807, 2.05) is 12.1 Å².